The van der Waals surface area contributed by atoms with Crippen molar-refractivity contribution in [3.8, 4) is 5.75 Å². The molecule has 0 saturated carbocycles. The van der Waals surface area contributed by atoms with Gasteiger partial charge in [-0.05, 0) is 38.5 Å². The number of carbonyl (C=O) groups is 3. The first-order chi connectivity index (χ1) is 18.2. The summed E-state index contributed by atoms with van der Waals surface area (Å²) in [5, 5.41) is 11.8. The molecular weight excluding hydrogens is 526 g/mol. The van der Waals surface area contributed by atoms with Crippen LogP contribution >= 0.6 is 22.7 Å². The van der Waals surface area contributed by atoms with Gasteiger partial charge in [0.1, 0.15) is 23.8 Å². The van der Waals surface area contributed by atoms with Gasteiger partial charge >= 0.3 is 5.97 Å². The van der Waals surface area contributed by atoms with E-state index in [4.69, 9.17) is 9.47 Å². The maximum atomic E-state index is 13.7. The summed E-state index contributed by atoms with van der Waals surface area (Å²) >= 11 is 2.13. The zero-order chi connectivity index (χ0) is 27.6. The van der Waals surface area contributed by atoms with E-state index in [0.29, 0.717) is 39.2 Å². The molecule has 1 atom stereocenters. The van der Waals surface area contributed by atoms with E-state index >= 15 is 0 Å². The molecular formula is C27H25N3O6S2. The van der Waals surface area contributed by atoms with E-state index in [1.54, 1.807) is 51.1 Å². The molecule has 11 heteroatoms. The number of aryl methyl sites for hydroxylation is 3. The van der Waals surface area contributed by atoms with Gasteiger partial charge in [0.25, 0.3) is 5.91 Å². The second-order valence-corrected chi connectivity index (χ2v) is 10.5. The van der Waals surface area contributed by atoms with Crippen LogP contribution in [0.4, 0.5) is 5.13 Å². The van der Waals surface area contributed by atoms with E-state index in [1.165, 1.54) is 22.3 Å². The number of thiazole rings is 2. The minimum absolute atomic E-state index is 0.0195. The monoisotopic (exact) mass is 551 g/mol. The Balaban J connectivity index is 1.82. The van der Waals surface area contributed by atoms with Crippen molar-refractivity contribution < 1.29 is 29.0 Å². The maximum Gasteiger partial charge on any atom is 0.350 e. The highest BCUT2D eigenvalue weighted by Gasteiger charge is 2.46. The standard InChI is InChI=1S/C27H25N3O6S2/c1-6-12-35-18-10-8-17(9-11-18)20-19(21(31)23-14(3)28-16(5)37-23)22(32)25(33)30(20)27-29-15(4)24(38-27)26(34)36-13-7-2/h6-11,20,32H,1-2,12-13H2,3-5H3. The van der Waals surface area contributed by atoms with Crippen LogP contribution in [-0.2, 0) is 9.53 Å². The Morgan fingerprint density at radius 2 is 1.68 bits per heavy atom. The Kier molecular flexibility index (Phi) is 7.88. The van der Waals surface area contributed by atoms with Gasteiger partial charge in [0.15, 0.2) is 10.9 Å². The number of amides is 1. The quantitative estimate of drug-likeness (QED) is 0.207. The fourth-order valence-corrected chi connectivity index (χ4v) is 5.85. The smallest absolute Gasteiger partial charge is 0.350 e. The van der Waals surface area contributed by atoms with Crippen molar-refractivity contribution in [2.45, 2.75) is 26.8 Å². The third-order valence-electron chi connectivity index (χ3n) is 5.64. The zero-order valence-corrected chi connectivity index (χ0v) is 22.6. The van der Waals surface area contributed by atoms with Crippen molar-refractivity contribution in [3.05, 3.63) is 92.6 Å². The first-order valence-electron chi connectivity index (χ1n) is 11.5. The number of ether oxygens (including phenoxy) is 2. The number of rotatable bonds is 10. The molecule has 0 spiro atoms. The molecule has 3 heterocycles. The number of esters is 1. The zero-order valence-electron chi connectivity index (χ0n) is 21.0. The minimum atomic E-state index is -1.01. The Hall–Kier alpha value is -4.09. The van der Waals surface area contributed by atoms with E-state index in [0.717, 1.165) is 11.3 Å². The summed E-state index contributed by atoms with van der Waals surface area (Å²) in [6, 6.07) is 5.81. The largest absolute Gasteiger partial charge is 0.503 e. The Morgan fingerprint density at radius 3 is 2.29 bits per heavy atom. The number of anilines is 1. The van der Waals surface area contributed by atoms with Crippen molar-refractivity contribution in [1.82, 2.24) is 9.97 Å². The molecule has 1 aliphatic heterocycles. The summed E-state index contributed by atoms with van der Waals surface area (Å²) < 4.78 is 10.7. The number of hydrogen-bond acceptors (Lipinski definition) is 10. The molecule has 4 rings (SSSR count). The summed E-state index contributed by atoms with van der Waals surface area (Å²) in [7, 11) is 0. The van der Waals surface area contributed by atoms with Crippen molar-refractivity contribution >= 4 is 45.5 Å². The predicted molar refractivity (Wildman–Crippen MR) is 145 cm³/mol. The number of benzene rings is 1. The highest BCUT2D eigenvalue weighted by molar-refractivity contribution is 7.17. The van der Waals surface area contributed by atoms with Gasteiger partial charge < -0.3 is 14.6 Å². The third-order valence-corrected chi connectivity index (χ3v) is 7.84. The second-order valence-electron chi connectivity index (χ2n) is 8.28. The van der Waals surface area contributed by atoms with E-state index in [1.807, 2.05) is 0 Å². The molecule has 1 aromatic carbocycles. The van der Waals surface area contributed by atoms with Crippen LogP contribution in [0.1, 0.15) is 47.3 Å². The maximum absolute atomic E-state index is 13.7. The summed E-state index contributed by atoms with van der Waals surface area (Å²) in [4.78, 5) is 50.2. The summed E-state index contributed by atoms with van der Waals surface area (Å²) in [5.41, 5.74) is 1.31. The average Bonchev–Trinajstić information content (AvgIpc) is 3.53. The number of Topliss-reactive ketones (excluding diaryl/α,β-unsaturated/α-hetero) is 1. The van der Waals surface area contributed by atoms with Crippen molar-refractivity contribution in [2.24, 2.45) is 0 Å². The molecule has 0 bridgehead atoms. The molecule has 0 radical (unpaired) electrons. The number of carbonyl (C=O) groups excluding carboxylic acids is 3. The summed E-state index contributed by atoms with van der Waals surface area (Å²) in [6.07, 6.45) is 3.06. The second kappa shape index (κ2) is 11.1. The first-order valence-corrected chi connectivity index (χ1v) is 13.2. The molecule has 1 unspecified atom stereocenters. The number of nitrogens with zero attached hydrogens (tertiary/aromatic N) is 3. The molecule has 0 fully saturated rings. The van der Waals surface area contributed by atoms with E-state index in [2.05, 4.69) is 23.1 Å². The first kappa shape index (κ1) is 27.0. The molecule has 9 nitrogen and oxygen atoms in total. The number of ketones is 1. The molecule has 1 amide bonds. The van der Waals surface area contributed by atoms with Crippen LogP contribution < -0.4 is 9.64 Å². The molecule has 2 aromatic heterocycles. The lowest BCUT2D eigenvalue weighted by atomic mass is 9.95. The lowest BCUT2D eigenvalue weighted by molar-refractivity contribution is -0.117. The molecule has 38 heavy (non-hydrogen) atoms. The Bertz CT molecular complexity index is 1470. The topological polar surface area (TPSA) is 119 Å². The van der Waals surface area contributed by atoms with E-state index < -0.39 is 29.5 Å². The number of hydrogen-bond donors (Lipinski definition) is 1. The van der Waals surface area contributed by atoms with Gasteiger partial charge in [0.2, 0.25) is 5.78 Å². The third kappa shape index (κ3) is 5.02. The van der Waals surface area contributed by atoms with Gasteiger partial charge in [-0.3, -0.25) is 14.5 Å². The van der Waals surface area contributed by atoms with Gasteiger partial charge in [0.05, 0.1) is 32.9 Å². The van der Waals surface area contributed by atoms with E-state index in [9.17, 15) is 19.5 Å². The van der Waals surface area contributed by atoms with Crippen LogP contribution in [0, 0.1) is 20.8 Å². The Labute approximate surface area is 227 Å². The van der Waals surface area contributed by atoms with Crippen molar-refractivity contribution in [1.29, 1.82) is 0 Å². The van der Waals surface area contributed by atoms with Crippen LogP contribution in [-0.4, -0.2) is 45.9 Å². The fraction of sp³-hybridized carbons (Fsp3) is 0.222. The van der Waals surface area contributed by atoms with Crippen LogP contribution in [0.3, 0.4) is 0 Å². The molecule has 0 aliphatic carbocycles. The lowest BCUT2D eigenvalue weighted by Gasteiger charge is -2.24. The van der Waals surface area contributed by atoms with Gasteiger partial charge in [0, 0.05) is 0 Å². The fourth-order valence-electron chi connectivity index (χ4n) is 3.99. The number of aliphatic hydroxyl groups is 1. The van der Waals surface area contributed by atoms with Gasteiger partial charge in [-0.2, -0.15) is 0 Å². The number of aromatic nitrogens is 2. The van der Waals surface area contributed by atoms with Crippen molar-refractivity contribution in [3.63, 3.8) is 0 Å². The molecule has 196 valence electrons. The normalized spacial score (nSPS) is 15.1. The van der Waals surface area contributed by atoms with Gasteiger partial charge in [-0.25, -0.2) is 14.8 Å². The lowest BCUT2D eigenvalue weighted by Crippen LogP contribution is -2.31. The average molecular weight is 552 g/mol. The summed E-state index contributed by atoms with van der Waals surface area (Å²) in [6.45, 7) is 12.6. The minimum Gasteiger partial charge on any atom is -0.503 e. The molecule has 1 N–H and O–H groups in total. The van der Waals surface area contributed by atoms with Crippen LogP contribution in [0.15, 0.2) is 60.9 Å². The SMILES string of the molecule is C=CCOC(=O)c1sc(N2C(=O)C(O)=C(C(=O)c3sc(C)nc3C)C2c2ccc(OCC=C)cc2)nc1C. The summed E-state index contributed by atoms with van der Waals surface area (Å²) in [5.74, 6) is -2.03. The predicted octanol–water partition coefficient (Wildman–Crippen LogP) is 5.22. The van der Waals surface area contributed by atoms with Crippen LogP contribution in [0.2, 0.25) is 0 Å². The molecule has 3 aromatic rings. The highest BCUT2D eigenvalue weighted by atomic mass is 32.1. The Morgan fingerprint density at radius 1 is 1.03 bits per heavy atom. The number of aliphatic hydroxyl groups excluding tert-OH is 1. The molecule has 1 aliphatic rings. The van der Waals surface area contributed by atoms with Crippen LogP contribution in [0.25, 0.3) is 0 Å². The van der Waals surface area contributed by atoms with Crippen molar-refractivity contribution in [2.75, 3.05) is 18.1 Å². The van der Waals surface area contributed by atoms with Gasteiger partial charge in [-0.15, -0.1) is 11.3 Å². The highest BCUT2D eigenvalue weighted by Crippen LogP contribution is 2.44. The van der Waals surface area contributed by atoms with E-state index in [-0.39, 0.29) is 22.2 Å². The molecule has 0 saturated heterocycles. The van der Waals surface area contributed by atoms with Crippen LogP contribution in [0.5, 0.6) is 5.75 Å². The van der Waals surface area contributed by atoms with Gasteiger partial charge in [-0.1, -0.05) is 48.8 Å².